The highest BCUT2D eigenvalue weighted by atomic mass is 79.9. The highest BCUT2D eigenvalue weighted by molar-refractivity contribution is 9.10. The lowest BCUT2D eigenvalue weighted by Crippen LogP contribution is -2.46. The third kappa shape index (κ3) is 2.13. The van der Waals surface area contributed by atoms with Crippen LogP contribution in [0.1, 0.15) is 24.3 Å². The molecular formula is C10H16BrN3O. The summed E-state index contributed by atoms with van der Waals surface area (Å²) in [6, 6.07) is 0. The molecule has 0 aliphatic carbocycles. The molecule has 0 saturated carbocycles. The fourth-order valence-electron chi connectivity index (χ4n) is 1.16. The maximum absolute atomic E-state index is 12.3. The van der Waals surface area contributed by atoms with E-state index in [1.165, 1.54) is 0 Å². The molecule has 5 heteroatoms. The third-order valence-electron chi connectivity index (χ3n) is 2.78. The van der Waals surface area contributed by atoms with Crippen molar-refractivity contribution in [3.63, 3.8) is 0 Å². The standard InChI is InChI=1S/C10H16BrN3O/c1-10(2,13(3)4)9(15)8-7(11)6-12-14(8)5/h6H,1-5H3. The zero-order valence-electron chi connectivity index (χ0n) is 9.71. The van der Waals surface area contributed by atoms with Crippen LogP contribution in [0.25, 0.3) is 0 Å². The van der Waals surface area contributed by atoms with Gasteiger partial charge in [0.15, 0.2) is 0 Å². The molecule has 0 fully saturated rings. The summed E-state index contributed by atoms with van der Waals surface area (Å²) < 4.78 is 2.34. The lowest BCUT2D eigenvalue weighted by molar-refractivity contribution is 0.0744. The van der Waals surface area contributed by atoms with Crippen LogP contribution in [0.4, 0.5) is 0 Å². The number of halogens is 1. The molecule has 0 aliphatic heterocycles. The predicted molar refractivity (Wildman–Crippen MR) is 63.0 cm³/mol. The van der Waals surface area contributed by atoms with Gasteiger partial charge >= 0.3 is 0 Å². The molecule has 1 aromatic heterocycles. The van der Waals surface area contributed by atoms with Crippen LogP contribution >= 0.6 is 15.9 Å². The van der Waals surface area contributed by atoms with E-state index in [0.717, 1.165) is 4.47 Å². The van der Waals surface area contributed by atoms with E-state index in [0.29, 0.717) is 5.69 Å². The number of ketones is 1. The molecular weight excluding hydrogens is 258 g/mol. The van der Waals surface area contributed by atoms with Gasteiger partial charge in [0.2, 0.25) is 5.78 Å². The fraction of sp³-hybridized carbons (Fsp3) is 0.600. The molecule has 0 spiro atoms. The molecule has 1 rings (SSSR count). The van der Waals surface area contributed by atoms with Crippen molar-refractivity contribution in [2.45, 2.75) is 19.4 Å². The van der Waals surface area contributed by atoms with Gasteiger partial charge in [0.05, 0.1) is 16.2 Å². The van der Waals surface area contributed by atoms with Crippen LogP contribution in [-0.4, -0.2) is 40.1 Å². The normalized spacial score (nSPS) is 12.2. The molecule has 0 unspecified atom stereocenters. The second-order valence-corrected chi connectivity index (χ2v) is 5.10. The van der Waals surface area contributed by atoms with Gasteiger partial charge in [-0.15, -0.1) is 0 Å². The summed E-state index contributed by atoms with van der Waals surface area (Å²) in [5.41, 5.74) is 0.0738. The Hall–Kier alpha value is -0.680. The molecule has 0 aliphatic rings. The molecule has 0 saturated heterocycles. The van der Waals surface area contributed by atoms with Crippen molar-refractivity contribution in [2.24, 2.45) is 7.05 Å². The highest BCUT2D eigenvalue weighted by Crippen LogP contribution is 2.23. The minimum absolute atomic E-state index is 0.0550. The van der Waals surface area contributed by atoms with Gasteiger partial charge in [0.25, 0.3) is 0 Å². The number of aryl methyl sites for hydroxylation is 1. The first-order valence-electron chi connectivity index (χ1n) is 4.68. The van der Waals surface area contributed by atoms with E-state index in [1.54, 1.807) is 17.9 Å². The van der Waals surface area contributed by atoms with Gasteiger partial charge in [-0.05, 0) is 43.9 Å². The van der Waals surface area contributed by atoms with E-state index in [2.05, 4.69) is 21.0 Å². The van der Waals surface area contributed by atoms with E-state index in [1.807, 2.05) is 32.8 Å². The zero-order valence-corrected chi connectivity index (χ0v) is 11.3. The molecule has 1 aromatic rings. The SMILES string of the molecule is CN(C)C(C)(C)C(=O)c1c(Br)cnn1C. The Labute approximate surface area is 98.4 Å². The molecule has 0 amide bonds. The Bertz CT molecular complexity index is 363. The van der Waals surface area contributed by atoms with Crippen molar-refractivity contribution in [1.29, 1.82) is 0 Å². The Morgan fingerprint density at radius 2 is 2.07 bits per heavy atom. The number of Topliss-reactive ketones (excluding diaryl/α,β-unsaturated/α-hetero) is 1. The maximum Gasteiger partial charge on any atom is 0.201 e. The van der Waals surface area contributed by atoms with Crippen LogP contribution in [0.2, 0.25) is 0 Å². The number of nitrogens with zero attached hydrogens (tertiary/aromatic N) is 3. The maximum atomic E-state index is 12.3. The molecule has 0 bridgehead atoms. The van der Waals surface area contributed by atoms with Crippen LogP contribution in [0, 0.1) is 0 Å². The summed E-state index contributed by atoms with van der Waals surface area (Å²) in [6.07, 6.45) is 1.64. The Morgan fingerprint density at radius 1 is 1.53 bits per heavy atom. The minimum atomic E-state index is -0.531. The van der Waals surface area contributed by atoms with Crippen molar-refractivity contribution < 1.29 is 4.79 Å². The summed E-state index contributed by atoms with van der Waals surface area (Å²) in [6.45, 7) is 3.80. The van der Waals surface area contributed by atoms with Crippen LogP contribution in [0.5, 0.6) is 0 Å². The molecule has 4 nitrogen and oxygen atoms in total. The third-order valence-corrected chi connectivity index (χ3v) is 3.36. The van der Waals surface area contributed by atoms with E-state index in [4.69, 9.17) is 0 Å². The quantitative estimate of drug-likeness (QED) is 0.787. The van der Waals surface area contributed by atoms with Crippen LogP contribution < -0.4 is 0 Å². The van der Waals surface area contributed by atoms with Gasteiger partial charge in [-0.3, -0.25) is 14.4 Å². The van der Waals surface area contributed by atoms with Gasteiger partial charge < -0.3 is 0 Å². The largest absolute Gasteiger partial charge is 0.297 e. The highest BCUT2D eigenvalue weighted by Gasteiger charge is 2.33. The Kier molecular flexibility index (Phi) is 3.35. The minimum Gasteiger partial charge on any atom is -0.297 e. The number of aromatic nitrogens is 2. The van der Waals surface area contributed by atoms with Crippen LogP contribution in [0.15, 0.2) is 10.7 Å². The predicted octanol–water partition coefficient (Wildman–Crippen LogP) is 1.71. The summed E-state index contributed by atoms with van der Waals surface area (Å²) in [4.78, 5) is 14.2. The van der Waals surface area contributed by atoms with Crippen LogP contribution in [-0.2, 0) is 7.05 Å². The van der Waals surface area contributed by atoms with Gasteiger partial charge in [-0.2, -0.15) is 5.10 Å². The van der Waals surface area contributed by atoms with Crippen molar-refractivity contribution >= 4 is 21.7 Å². The monoisotopic (exact) mass is 273 g/mol. The molecule has 0 aromatic carbocycles. The first-order valence-corrected chi connectivity index (χ1v) is 5.47. The molecule has 15 heavy (non-hydrogen) atoms. The molecule has 84 valence electrons. The first-order chi connectivity index (χ1) is 6.78. The summed E-state index contributed by atoms with van der Waals surface area (Å²) in [5.74, 6) is 0.0550. The molecule has 0 N–H and O–H groups in total. The topological polar surface area (TPSA) is 38.1 Å². The number of carbonyl (C=O) groups excluding carboxylic acids is 1. The average molecular weight is 274 g/mol. The zero-order chi connectivity index (χ0) is 11.8. The molecule has 0 radical (unpaired) electrons. The number of carbonyl (C=O) groups is 1. The van der Waals surface area contributed by atoms with Gasteiger partial charge in [-0.25, -0.2) is 0 Å². The fourth-order valence-corrected chi connectivity index (χ4v) is 1.69. The second kappa shape index (κ2) is 4.06. The van der Waals surface area contributed by atoms with E-state index >= 15 is 0 Å². The average Bonchev–Trinajstić information content (AvgIpc) is 2.45. The van der Waals surface area contributed by atoms with Gasteiger partial charge in [0.1, 0.15) is 5.69 Å². The second-order valence-electron chi connectivity index (χ2n) is 4.25. The van der Waals surface area contributed by atoms with Crippen molar-refractivity contribution in [1.82, 2.24) is 14.7 Å². The smallest absolute Gasteiger partial charge is 0.201 e. The lowest BCUT2D eigenvalue weighted by atomic mass is 9.95. The van der Waals surface area contributed by atoms with Crippen molar-refractivity contribution in [3.05, 3.63) is 16.4 Å². The van der Waals surface area contributed by atoms with E-state index in [-0.39, 0.29) is 5.78 Å². The number of hydrogen-bond acceptors (Lipinski definition) is 3. The number of rotatable bonds is 3. The van der Waals surface area contributed by atoms with E-state index < -0.39 is 5.54 Å². The van der Waals surface area contributed by atoms with Crippen molar-refractivity contribution in [3.8, 4) is 0 Å². The molecule has 0 atom stereocenters. The summed E-state index contributed by atoms with van der Waals surface area (Å²) >= 11 is 3.34. The molecule has 1 heterocycles. The van der Waals surface area contributed by atoms with Gasteiger partial charge in [0, 0.05) is 7.05 Å². The van der Waals surface area contributed by atoms with Crippen LogP contribution in [0.3, 0.4) is 0 Å². The number of likely N-dealkylation sites (N-methyl/N-ethyl adjacent to an activating group) is 1. The first kappa shape index (κ1) is 12.4. The lowest BCUT2D eigenvalue weighted by Gasteiger charge is -2.30. The van der Waals surface area contributed by atoms with Gasteiger partial charge in [-0.1, -0.05) is 0 Å². The Morgan fingerprint density at radius 3 is 2.40 bits per heavy atom. The summed E-state index contributed by atoms with van der Waals surface area (Å²) in [7, 11) is 5.55. The van der Waals surface area contributed by atoms with E-state index in [9.17, 15) is 4.79 Å². The Balaban J connectivity index is 3.16. The number of hydrogen-bond donors (Lipinski definition) is 0. The van der Waals surface area contributed by atoms with Crippen molar-refractivity contribution in [2.75, 3.05) is 14.1 Å². The summed E-state index contributed by atoms with van der Waals surface area (Å²) in [5, 5.41) is 4.04.